The normalized spacial score (nSPS) is 16.3. The SMILES string of the molecule is CCNC(=O)C(NC(=O)[C@H](CCN)NC(=O)[C@H](CCN)NC(=O)[C@H](CC(C)C)NC(=O)[C@@H](Cc1ccccc1)NC(=O)[C@H](CCN)NC(=O)CNC(=O)[C@H](CCN)NC(=O)CNC(=O)CC[C@@H]1CCCN1)C(C)O. The Morgan fingerprint density at radius 1 is 0.568 bits per heavy atom. The third-order valence-corrected chi connectivity index (χ3v) is 11.8. The summed E-state index contributed by atoms with van der Waals surface area (Å²) >= 11 is 0. The lowest BCUT2D eigenvalue weighted by molar-refractivity contribution is -0.136. The molecule has 2 rings (SSSR count). The summed E-state index contributed by atoms with van der Waals surface area (Å²) in [4.78, 5) is 133. The van der Waals surface area contributed by atoms with Crippen LogP contribution < -0.4 is 81.4 Å². The zero-order valence-corrected chi connectivity index (χ0v) is 43.2. The highest BCUT2D eigenvalue weighted by Gasteiger charge is 2.34. The van der Waals surface area contributed by atoms with Gasteiger partial charge in [0.2, 0.25) is 59.1 Å². The molecule has 0 spiro atoms. The molecular formula is C48H83N15O11. The van der Waals surface area contributed by atoms with Crippen molar-refractivity contribution in [1.29, 1.82) is 0 Å². The van der Waals surface area contributed by atoms with E-state index in [2.05, 4.69) is 58.5 Å². The molecule has 1 saturated heterocycles. The van der Waals surface area contributed by atoms with Gasteiger partial charge < -0.3 is 86.5 Å². The largest absolute Gasteiger partial charge is 0.391 e. The lowest BCUT2D eigenvalue weighted by atomic mass is 10.00. The first kappa shape index (κ1) is 63.8. The molecule has 0 saturated carbocycles. The minimum Gasteiger partial charge on any atom is -0.391 e. The van der Waals surface area contributed by atoms with Gasteiger partial charge in [-0.1, -0.05) is 44.2 Å². The van der Waals surface area contributed by atoms with E-state index in [1.807, 2.05) is 0 Å². The Morgan fingerprint density at radius 2 is 1.03 bits per heavy atom. The molecule has 0 aliphatic carbocycles. The zero-order chi connectivity index (χ0) is 55.2. The summed E-state index contributed by atoms with van der Waals surface area (Å²) in [6.07, 6.45) is 1.35. The van der Waals surface area contributed by atoms with Crippen molar-refractivity contribution < 1.29 is 53.1 Å². The molecule has 1 aliphatic rings. The Labute approximate surface area is 433 Å². The van der Waals surface area contributed by atoms with Crippen LogP contribution in [-0.4, -0.2) is 171 Å². The number of nitrogens with two attached hydrogens (primary N) is 4. The summed E-state index contributed by atoms with van der Waals surface area (Å²) in [5.74, 6) is -7.35. The van der Waals surface area contributed by atoms with E-state index < -0.39 is 108 Å². The van der Waals surface area contributed by atoms with Gasteiger partial charge in [-0.25, -0.2) is 0 Å². The summed E-state index contributed by atoms with van der Waals surface area (Å²) in [6, 6.07) is -0.0782. The molecule has 26 heteroatoms. The zero-order valence-electron chi connectivity index (χ0n) is 43.2. The number of aliphatic hydroxyl groups is 1. The van der Waals surface area contributed by atoms with Crippen LogP contribution in [-0.2, 0) is 54.4 Å². The molecule has 0 radical (unpaired) electrons. The Hall–Kier alpha value is -6.32. The van der Waals surface area contributed by atoms with Crippen LogP contribution in [0.2, 0.25) is 0 Å². The van der Waals surface area contributed by atoms with Gasteiger partial charge in [0.05, 0.1) is 19.2 Å². The van der Waals surface area contributed by atoms with Gasteiger partial charge in [-0.15, -0.1) is 0 Å². The Kier molecular flexibility index (Phi) is 30.2. The molecule has 9 atom stereocenters. The quantitative estimate of drug-likeness (QED) is 0.0301. The van der Waals surface area contributed by atoms with Crippen molar-refractivity contribution in [1.82, 2.24) is 58.5 Å². The molecule has 10 amide bonds. The molecule has 0 aromatic heterocycles. The van der Waals surface area contributed by atoms with E-state index in [9.17, 15) is 53.1 Å². The van der Waals surface area contributed by atoms with Gasteiger partial charge in [0, 0.05) is 25.4 Å². The third-order valence-electron chi connectivity index (χ3n) is 11.8. The van der Waals surface area contributed by atoms with Crippen LogP contribution in [0.5, 0.6) is 0 Å². The van der Waals surface area contributed by atoms with Gasteiger partial charge in [0.1, 0.15) is 42.3 Å². The standard InChI is InChI=1S/C48H83N15O11/c1-5-53-48(74)41(29(4)64)63-45(71)35(18-22-52)59-44(70)34(17-21-51)60-46(72)36(24-28(2)3)61-47(73)37(25-30-10-7-6-8-11-30)62-43(69)33(16-20-50)58-40(67)27-56-42(68)32(15-19-49)57-39(66)26-55-38(65)14-13-31-12-9-23-54-31/h6-8,10-11,28-29,31-37,41,54,64H,5,9,12-27,49-52H2,1-4H3,(H,53,74)(H,55,65)(H,56,68)(H,57,66)(H,58,67)(H,59,70)(H,60,72)(H,61,73)(H,62,69)(H,63,71)/t29?,31-,32-,33-,34-,35-,36-,37+,41?/m0/s1. The Balaban J connectivity index is 2.20. The number of carbonyl (C=O) groups excluding carboxylic acids is 10. The molecule has 1 fully saturated rings. The molecule has 0 bridgehead atoms. The number of hydrogen-bond donors (Lipinski definition) is 16. The number of benzene rings is 1. The molecule has 2 unspecified atom stereocenters. The van der Waals surface area contributed by atoms with Crippen LogP contribution >= 0.6 is 0 Å². The average molecular weight is 1050 g/mol. The summed E-state index contributed by atoms with van der Waals surface area (Å²) in [7, 11) is 0. The van der Waals surface area contributed by atoms with Gasteiger partial charge in [0.25, 0.3) is 0 Å². The lowest BCUT2D eigenvalue weighted by Crippen LogP contribution is -2.61. The van der Waals surface area contributed by atoms with E-state index in [0.29, 0.717) is 12.0 Å². The predicted molar refractivity (Wildman–Crippen MR) is 274 cm³/mol. The highest BCUT2D eigenvalue weighted by Crippen LogP contribution is 2.12. The molecular weight excluding hydrogens is 963 g/mol. The van der Waals surface area contributed by atoms with E-state index in [0.717, 1.165) is 19.4 Å². The fourth-order valence-corrected chi connectivity index (χ4v) is 7.89. The monoisotopic (exact) mass is 1050 g/mol. The van der Waals surface area contributed by atoms with Crippen molar-refractivity contribution in [3.63, 3.8) is 0 Å². The first-order valence-corrected chi connectivity index (χ1v) is 25.4. The van der Waals surface area contributed by atoms with Crippen molar-refractivity contribution in [3.05, 3.63) is 35.9 Å². The van der Waals surface area contributed by atoms with Crippen molar-refractivity contribution in [2.45, 2.75) is 146 Å². The number of amides is 10. The highest BCUT2D eigenvalue weighted by molar-refractivity contribution is 5.98. The summed E-state index contributed by atoms with van der Waals surface area (Å²) in [5, 5.41) is 39.0. The van der Waals surface area contributed by atoms with Gasteiger partial charge in [0.15, 0.2) is 0 Å². The number of hydrogen-bond acceptors (Lipinski definition) is 16. The molecule has 1 aromatic rings. The van der Waals surface area contributed by atoms with E-state index in [1.165, 1.54) is 6.92 Å². The van der Waals surface area contributed by atoms with Crippen LogP contribution in [0.25, 0.3) is 0 Å². The number of aliphatic hydroxyl groups excluding tert-OH is 1. The molecule has 416 valence electrons. The van der Waals surface area contributed by atoms with Gasteiger partial charge in [-0.3, -0.25) is 47.9 Å². The van der Waals surface area contributed by atoms with Crippen LogP contribution in [0.4, 0.5) is 0 Å². The van der Waals surface area contributed by atoms with Gasteiger partial charge in [-0.05, 0) is 109 Å². The summed E-state index contributed by atoms with van der Waals surface area (Å²) in [6.45, 7) is 6.49. The topological polar surface area (TPSA) is 427 Å². The van der Waals surface area contributed by atoms with Crippen LogP contribution in [0.15, 0.2) is 30.3 Å². The number of likely N-dealkylation sites (N-methyl/N-ethyl adjacent to an activating group) is 1. The van der Waals surface area contributed by atoms with Crippen LogP contribution in [0.3, 0.4) is 0 Å². The number of carbonyl (C=O) groups is 10. The molecule has 20 N–H and O–H groups in total. The fourth-order valence-electron chi connectivity index (χ4n) is 7.89. The van der Waals surface area contributed by atoms with E-state index in [1.54, 1.807) is 51.1 Å². The van der Waals surface area contributed by atoms with Crippen LogP contribution in [0, 0.1) is 5.92 Å². The molecule has 1 heterocycles. The van der Waals surface area contributed by atoms with Gasteiger partial charge >= 0.3 is 0 Å². The predicted octanol–water partition coefficient (Wildman–Crippen LogP) is -5.65. The van der Waals surface area contributed by atoms with Crippen molar-refractivity contribution in [2.75, 3.05) is 52.4 Å². The van der Waals surface area contributed by atoms with Crippen molar-refractivity contribution in [3.8, 4) is 0 Å². The Bertz CT molecular complexity index is 1970. The van der Waals surface area contributed by atoms with Crippen LogP contribution in [0.1, 0.15) is 91.0 Å². The summed E-state index contributed by atoms with van der Waals surface area (Å²) in [5.41, 5.74) is 23.7. The smallest absolute Gasteiger partial charge is 0.245 e. The maximum atomic E-state index is 14.2. The fraction of sp³-hybridized carbons (Fsp3) is 0.667. The van der Waals surface area contributed by atoms with Crippen molar-refractivity contribution in [2.24, 2.45) is 28.9 Å². The first-order chi connectivity index (χ1) is 35.3. The molecule has 74 heavy (non-hydrogen) atoms. The van der Waals surface area contributed by atoms with E-state index >= 15 is 0 Å². The lowest BCUT2D eigenvalue weighted by Gasteiger charge is -2.28. The molecule has 1 aromatic carbocycles. The second-order valence-electron chi connectivity index (χ2n) is 18.6. The second kappa shape index (κ2) is 35.0. The molecule has 26 nitrogen and oxygen atoms in total. The van der Waals surface area contributed by atoms with E-state index in [-0.39, 0.29) is 102 Å². The summed E-state index contributed by atoms with van der Waals surface area (Å²) < 4.78 is 0. The van der Waals surface area contributed by atoms with Crippen molar-refractivity contribution >= 4 is 59.1 Å². The minimum absolute atomic E-state index is 0.00437. The molecule has 1 aliphatic heterocycles. The maximum Gasteiger partial charge on any atom is 0.245 e. The average Bonchev–Trinajstić information content (AvgIpc) is 3.89. The highest BCUT2D eigenvalue weighted by atomic mass is 16.3. The third kappa shape index (κ3) is 24.1. The second-order valence-corrected chi connectivity index (χ2v) is 18.6. The number of rotatable bonds is 35. The van der Waals surface area contributed by atoms with Gasteiger partial charge in [-0.2, -0.15) is 0 Å². The minimum atomic E-state index is -1.34. The first-order valence-electron chi connectivity index (χ1n) is 25.4. The number of nitrogens with one attached hydrogen (secondary N) is 11. The Morgan fingerprint density at radius 3 is 1.51 bits per heavy atom. The van der Waals surface area contributed by atoms with E-state index in [4.69, 9.17) is 22.9 Å². The maximum absolute atomic E-state index is 14.2.